The van der Waals surface area contributed by atoms with E-state index in [1.54, 1.807) is 58.6 Å². The molecule has 1 aliphatic heterocycles. The van der Waals surface area contributed by atoms with Crippen LogP contribution in [0.1, 0.15) is 27.6 Å². The van der Waals surface area contributed by atoms with E-state index < -0.39 is 5.97 Å². The smallest absolute Gasteiger partial charge is 0.308 e. The molecule has 0 N–H and O–H groups in total. The molecular formula is C19H19N3O4. The van der Waals surface area contributed by atoms with Crippen LogP contribution in [0.5, 0.6) is 5.75 Å². The highest BCUT2D eigenvalue weighted by molar-refractivity contribution is 5.96. The van der Waals surface area contributed by atoms with E-state index in [0.29, 0.717) is 43.1 Å². The number of carbonyl (C=O) groups is 3. The number of hydrogen-bond acceptors (Lipinski definition) is 5. The second-order valence-corrected chi connectivity index (χ2v) is 5.95. The van der Waals surface area contributed by atoms with Gasteiger partial charge in [-0.05, 0) is 30.3 Å². The number of ether oxygens (including phenoxy) is 1. The Bertz CT molecular complexity index is 815. The summed E-state index contributed by atoms with van der Waals surface area (Å²) in [6.07, 6.45) is 3.16. The lowest BCUT2D eigenvalue weighted by Gasteiger charge is -2.34. The van der Waals surface area contributed by atoms with Crippen molar-refractivity contribution in [3.63, 3.8) is 0 Å². The van der Waals surface area contributed by atoms with E-state index in [9.17, 15) is 14.4 Å². The molecule has 26 heavy (non-hydrogen) atoms. The molecule has 0 atom stereocenters. The number of esters is 1. The lowest BCUT2D eigenvalue weighted by atomic mass is 10.1. The Morgan fingerprint density at radius 2 is 1.54 bits per heavy atom. The largest absolute Gasteiger partial charge is 0.427 e. The first-order valence-corrected chi connectivity index (χ1v) is 8.31. The van der Waals surface area contributed by atoms with Crippen molar-refractivity contribution in [2.75, 3.05) is 26.2 Å². The molecule has 2 aromatic rings. The van der Waals surface area contributed by atoms with Crippen LogP contribution in [0.4, 0.5) is 0 Å². The first-order chi connectivity index (χ1) is 12.5. The van der Waals surface area contributed by atoms with Gasteiger partial charge in [-0.15, -0.1) is 0 Å². The standard InChI is InChI=1S/C19H19N3O4/c1-14(23)26-17-6-2-4-15(12-17)18(24)21-8-10-22(11-9-21)19(25)16-5-3-7-20-13-16/h2-7,12-13H,8-11H2,1H3. The van der Waals surface area contributed by atoms with Crippen LogP contribution in [-0.2, 0) is 4.79 Å². The minimum atomic E-state index is -0.433. The number of pyridine rings is 1. The van der Waals surface area contributed by atoms with Gasteiger partial charge in [-0.2, -0.15) is 0 Å². The fraction of sp³-hybridized carbons (Fsp3) is 0.263. The molecule has 134 valence electrons. The van der Waals surface area contributed by atoms with E-state index in [1.807, 2.05) is 0 Å². The van der Waals surface area contributed by atoms with Crippen LogP contribution >= 0.6 is 0 Å². The molecule has 3 rings (SSSR count). The fourth-order valence-electron chi connectivity index (χ4n) is 2.83. The quantitative estimate of drug-likeness (QED) is 0.619. The van der Waals surface area contributed by atoms with Crippen LogP contribution in [0.2, 0.25) is 0 Å². The van der Waals surface area contributed by atoms with Gasteiger partial charge in [0.2, 0.25) is 0 Å². The topological polar surface area (TPSA) is 79.8 Å². The van der Waals surface area contributed by atoms with Gasteiger partial charge >= 0.3 is 5.97 Å². The van der Waals surface area contributed by atoms with Crippen molar-refractivity contribution in [2.45, 2.75) is 6.92 Å². The highest BCUT2D eigenvalue weighted by Crippen LogP contribution is 2.17. The second kappa shape index (κ2) is 7.77. The number of hydrogen-bond donors (Lipinski definition) is 0. The Morgan fingerprint density at radius 1 is 0.923 bits per heavy atom. The number of aromatic nitrogens is 1. The SMILES string of the molecule is CC(=O)Oc1cccc(C(=O)N2CCN(C(=O)c3cccnc3)CC2)c1. The molecule has 0 bridgehead atoms. The third-order valence-corrected chi connectivity index (χ3v) is 4.11. The Morgan fingerprint density at radius 3 is 2.12 bits per heavy atom. The average molecular weight is 353 g/mol. The van der Waals surface area contributed by atoms with Crippen molar-refractivity contribution < 1.29 is 19.1 Å². The van der Waals surface area contributed by atoms with Gasteiger partial charge in [0.25, 0.3) is 11.8 Å². The van der Waals surface area contributed by atoms with Gasteiger partial charge in [-0.1, -0.05) is 6.07 Å². The maximum Gasteiger partial charge on any atom is 0.308 e. The Hall–Kier alpha value is -3.22. The lowest BCUT2D eigenvalue weighted by Crippen LogP contribution is -2.50. The van der Waals surface area contributed by atoms with Crippen LogP contribution in [0.25, 0.3) is 0 Å². The van der Waals surface area contributed by atoms with Crippen LogP contribution in [0.15, 0.2) is 48.8 Å². The summed E-state index contributed by atoms with van der Waals surface area (Å²) in [4.78, 5) is 43.5. The van der Waals surface area contributed by atoms with Crippen LogP contribution in [-0.4, -0.2) is 58.7 Å². The molecule has 1 aromatic carbocycles. The first kappa shape index (κ1) is 17.6. The number of carbonyl (C=O) groups excluding carboxylic acids is 3. The molecule has 7 nitrogen and oxygen atoms in total. The molecule has 0 spiro atoms. The van der Waals surface area contributed by atoms with E-state index in [2.05, 4.69) is 4.98 Å². The van der Waals surface area contributed by atoms with Gasteiger partial charge in [-0.25, -0.2) is 0 Å². The fourth-order valence-corrected chi connectivity index (χ4v) is 2.83. The summed E-state index contributed by atoms with van der Waals surface area (Å²) < 4.78 is 5.02. The molecule has 7 heteroatoms. The van der Waals surface area contributed by atoms with Gasteiger partial charge in [0, 0.05) is 51.1 Å². The zero-order chi connectivity index (χ0) is 18.5. The number of benzene rings is 1. The van der Waals surface area contributed by atoms with Gasteiger partial charge in [-0.3, -0.25) is 19.4 Å². The van der Waals surface area contributed by atoms with Crippen molar-refractivity contribution in [1.82, 2.24) is 14.8 Å². The van der Waals surface area contributed by atoms with Crippen molar-refractivity contribution in [3.05, 3.63) is 59.9 Å². The molecule has 0 radical (unpaired) electrons. The minimum Gasteiger partial charge on any atom is -0.427 e. The van der Waals surface area contributed by atoms with Crippen molar-refractivity contribution in [2.24, 2.45) is 0 Å². The van der Waals surface area contributed by atoms with E-state index >= 15 is 0 Å². The molecule has 1 aromatic heterocycles. The molecule has 0 aliphatic carbocycles. The molecule has 2 heterocycles. The highest BCUT2D eigenvalue weighted by Gasteiger charge is 2.25. The molecule has 1 aliphatic rings. The van der Waals surface area contributed by atoms with Crippen molar-refractivity contribution >= 4 is 17.8 Å². The van der Waals surface area contributed by atoms with Gasteiger partial charge in [0.1, 0.15) is 5.75 Å². The van der Waals surface area contributed by atoms with Gasteiger partial charge in [0.15, 0.2) is 0 Å². The molecule has 2 amide bonds. The van der Waals surface area contributed by atoms with Crippen LogP contribution < -0.4 is 4.74 Å². The summed E-state index contributed by atoms with van der Waals surface area (Å²) in [5.74, 6) is -0.319. The summed E-state index contributed by atoms with van der Waals surface area (Å²) in [6, 6.07) is 9.99. The summed E-state index contributed by atoms with van der Waals surface area (Å²) in [5.41, 5.74) is 0.997. The maximum absolute atomic E-state index is 12.7. The van der Waals surface area contributed by atoms with Gasteiger partial charge in [0.05, 0.1) is 5.56 Å². The number of piperazine rings is 1. The third kappa shape index (κ3) is 4.05. The molecule has 1 saturated heterocycles. The Balaban J connectivity index is 1.62. The summed E-state index contributed by atoms with van der Waals surface area (Å²) in [5, 5.41) is 0. The highest BCUT2D eigenvalue weighted by atomic mass is 16.5. The first-order valence-electron chi connectivity index (χ1n) is 8.31. The molecular weight excluding hydrogens is 334 g/mol. The van der Waals surface area contributed by atoms with E-state index in [4.69, 9.17) is 4.74 Å². The van der Waals surface area contributed by atoms with E-state index in [0.717, 1.165) is 0 Å². The average Bonchev–Trinajstić information content (AvgIpc) is 2.67. The summed E-state index contributed by atoms with van der Waals surface area (Å²) >= 11 is 0. The van der Waals surface area contributed by atoms with E-state index in [1.165, 1.54) is 6.92 Å². The van der Waals surface area contributed by atoms with E-state index in [-0.39, 0.29) is 11.8 Å². The third-order valence-electron chi connectivity index (χ3n) is 4.11. The van der Waals surface area contributed by atoms with Crippen LogP contribution in [0, 0.1) is 0 Å². The maximum atomic E-state index is 12.7. The van der Waals surface area contributed by atoms with Gasteiger partial charge < -0.3 is 14.5 Å². The van der Waals surface area contributed by atoms with Crippen molar-refractivity contribution in [3.8, 4) is 5.75 Å². The predicted molar refractivity (Wildman–Crippen MR) is 93.8 cm³/mol. The summed E-state index contributed by atoms with van der Waals surface area (Å²) in [6.45, 7) is 3.13. The number of amides is 2. The second-order valence-electron chi connectivity index (χ2n) is 5.95. The zero-order valence-corrected chi connectivity index (χ0v) is 14.4. The normalized spacial score (nSPS) is 14.0. The van der Waals surface area contributed by atoms with Crippen molar-refractivity contribution in [1.29, 1.82) is 0 Å². The lowest BCUT2D eigenvalue weighted by molar-refractivity contribution is -0.131. The molecule has 0 saturated carbocycles. The number of rotatable bonds is 3. The Labute approximate surface area is 151 Å². The Kier molecular flexibility index (Phi) is 5.26. The summed E-state index contributed by atoms with van der Waals surface area (Å²) in [7, 11) is 0. The zero-order valence-electron chi connectivity index (χ0n) is 14.4. The predicted octanol–water partition coefficient (Wildman–Crippen LogP) is 1.61. The number of nitrogens with zero attached hydrogens (tertiary/aromatic N) is 3. The van der Waals surface area contributed by atoms with Crippen LogP contribution in [0.3, 0.4) is 0 Å². The monoisotopic (exact) mass is 353 g/mol. The minimum absolute atomic E-state index is 0.0814. The molecule has 0 unspecified atom stereocenters. The molecule has 1 fully saturated rings.